The molecule has 0 bridgehead atoms. The minimum atomic E-state index is -0.147. The standard InChI is InChI=1S/C25H25N3O2/c29-23-12-6-10-20(25(23)30)24(21-17-26-22-11-5-4-9-19(21)22)28-15-13-27(14-16-28)18-7-2-1-3-8-18/h1-12,17,24,26,29-30H,13-16H2. The summed E-state index contributed by atoms with van der Waals surface area (Å²) >= 11 is 0. The topological polar surface area (TPSA) is 62.7 Å². The van der Waals surface area contributed by atoms with E-state index in [1.165, 1.54) is 11.8 Å². The van der Waals surface area contributed by atoms with E-state index in [0.717, 1.165) is 48.2 Å². The van der Waals surface area contributed by atoms with Crippen LogP contribution >= 0.6 is 0 Å². The molecule has 3 N–H and O–H groups in total. The van der Waals surface area contributed by atoms with Gasteiger partial charge in [-0.1, -0.05) is 48.5 Å². The van der Waals surface area contributed by atoms with E-state index in [9.17, 15) is 10.2 Å². The highest BCUT2D eigenvalue weighted by Gasteiger charge is 2.30. The number of fused-ring (bicyclic) bond motifs is 1. The molecule has 2 heterocycles. The summed E-state index contributed by atoms with van der Waals surface area (Å²) < 4.78 is 0. The summed E-state index contributed by atoms with van der Waals surface area (Å²) in [6.07, 6.45) is 2.03. The van der Waals surface area contributed by atoms with Crippen LogP contribution in [0.3, 0.4) is 0 Å². The number of aromatic nitrogens is 1. The van der Waals surface area contributed by atoms with Gasteiger partial charge < -0.3 is 20.1 Å². The fourth-order valence-corrected chi connectivity index (χ4v) is 4.53. The fourth-order valence-electron chi connectivity index (χ4n) is 4.53. The Kier molecular flexibility index (Phi) is 4.81. The van der Waals surface area contributed by atoms with Crippen LogP contribution in [0.15, 0.2) is 79.0 Å². The first kappa shape index (κ1) is 18.6. The lowest BCUT2D eigenvalue weighted by molar-refractivity contribution is 0.209. The summed E-state index contributed by atoms with van der Waals surface area (Å²) in [4.78, 5) is 8.15. The lowest BCUT2D eigenvalue weighted by atomic mass is 9.94. The lowest BCUT2D eigenvalue weighted by Gasteiger charge is -2.40. The molecule has 1 aromatic heterocycles. The molecule has 0 radical (unpaired) electrons. The highest BCUT2D eigenvalue weighted by atomic mass is 16.3. The van der Waals surface area contributed by atoms with E-state index in [0.29, 0.717) is 0 Å². The first-order chi connectivity index (χ1) is 14.7. The molecule has 30 heavy (non-hydrogen) atoms. The number of para-hydroxylation sites is 3. The van der Waals surface area contributed by atoms with Gasteiger partial charge in [-0.3, -0.25) is 4.90 Å². The van der Waals surface area contributed by atoms with Gasteiger partial charge in [-0.15, -0.1) is 0 Å². The van der Waals surface area contributed by atoms with E-state index >= 15 is 0 Å². The number of hydrogen-bond acceptors (Lipinski definition) is 4. The van der Waals surface area contributed by atoms with Gasteiger partial charge in [0, 0.05) is 54.5 Å². The molecular weight excluding hydrogens is 374 g/mol. The molecule has 1 saturated heterocycles. The summed E-state index contributed by atoms with van der Waals surface area (Å²) in [5.41, 5.74) is 4.15. The second-order valence-corrected chi connectivity index (χ2v) is 7.77. The summed E-state index contributed by atoms with van der Waals surface area (Å²) in [6, 6.07) is 23.8. The van der Waals surface area contributed by atoms with Crippen molar-refractivity contribution in [2.24, 2.45) is 0 Å². The molecule has 5 heteroatoms. The molecular formula is C25H25N3O2. The zero-order valence-corrected chi connectivity index (χ0v) is 16.7. The maximum absolute atomic E-state index is 10.7. The smallest absolute Gasteiger partial charge is 0.162 e. The van der Waals surface area contributed by atoms with Crippen LogP contribution in [0.1, 0.15) is 17.2 Å². The van der Waals surface area contributed by atoms with E-state index in [2.05, 4.69) is 51.2 Å². The molecule has 0 spiro atoms. The van der Waals surface area contributed by atoms with Crippen molar-refractivity contribution in [2.45, 2.75) is 6.04 Å². The van der Waals surface area contributed by atoms with Crippen LogP contribution in [0.5, 0.6) is 11.5 Å². The first-order valence-electron chi connectivity index (χ1n) is 10.3. The Labute approximate surface area is 175 Å². The summed E-state index contributed by atoms with van der Waals surface area (Å²) in [5.74, 6) is -0.126. The maximum atomic E-state index is 10.7. The number of rotatable bonds is 4. The molecule has 4 aromatic rings. The van der Waals surface area contributed by atoms with Gasteiger partial charge in [0.25, 0.3) is 0 Å². The highest BCUT2D eigenvalue weighted by Crippen LogP contribution is 2.41. The van der Waals surface area contributed by atoms with E-state index in [1.54, 1.807) is 6.07 Å². The molecule has 1 atom stereocenters. The molecule has 1 unspecified atom stereocenters. The Bertz CT molecular complexity index is 1150. The van der Waals surface area contributed by atoms with Gasteiger partial charge in [-0.05, 0) is 29.8 Å². The van der Waals surface area contributed by atoms with Gasteiger partial charge in [0.1, 0.15) is 0 Å². The van der Waals surface area contributed by atoms with Crippen LogP contribution in [0, 0.1) is 0 Å². The predicted molar refractivity (Wildman–Crippen MR) is 120 cm³/mol. The number of benzene rings is 3. The Morgan fingerprint density at radius 3 is 2.27 bits per heavy atom. The monoisotopic (exact) mass is 399 g/mol. The van der Waals surface area contributed by atoms with Crippen molar-refractivity contribution in [3.05, 3.63) is 90.1 Å². The van der Waals surface area contributed by atoms with E-state index < -0.39 is 0 Å². The minimum Gasteiger partial charge on any atom is -0.504 e. The molecule has 3 aromatic carbocycles. The molecule has 5 nitrogen and oxygen atoms in total. The number of aromatic amines is 1. The molecule has 1 aliphatic rings. The fraction of sp³-hybridized carbons (Fsp3) is 0.200. The minimum absolute atomic E-state index is 0.0433. The van der Waals surface area contributed by atoms with Crippen molar-refractivity contribution in [1.82, 2.24) is 9.88 Å². The SMILES string of the molecule is Oc1cccc(C(c2c[nH]c3ccccc23)N2CCN(c3ccccc3)CC2)c1O. The Morgan fingerprint density at radius 2 is 1.47 bits per heavy atom. The number of phenolic OH excluding ortho intramolecular Hbond substituents is 2. The predicted octanol–water partition coefficient (Wildman–Crippen LogP) is 4.49. The average molecular weight is 399 g/mol. The number of H-pyrrole nitrogens is 1. The second-order valence-electron chi connectivity index (χ2n) is 7.77. The molecule has 1 fully saturated rings. The third-order valence-electron chi connectivity index (χ3n) is 6.06. The Morgan fingerprint density at radius 1 is 0.733 bits per heavy atom. The van der Waals surface area contributed by atoms with Crippen molar-refractivity contribution < 1.29 is 10.2 Å². The van der Waals surface area contributed by atoms with Crippen molar-refractivity contribution in [3.8, 4) is 11.5 Å². The van der Waals surface area contributed by atoms with Crippen LogP contribution in [0.2, 0.25) is 0 Å². The number of anilines is 1. The lowest BCUT2D eigenvalue weighted by Crippen LogP contribution is -2.48. The normalized spacial score (nSPS) is 16.1. The number of aromatic hydroxyl groups is 2. The van der Waals surface area contributed by atoms with Gasteiger partial charge in [0.05, 0.1) is 6.04 Å². The van der Waals surface area contributed by atoms with Gasteiger partial charge in [-0.25, -0.2) is 0 Å². The molecule has 0 saturated carbocycles. The van der Waals surface area contributed by atoms with Gasteiger partial charge in [0.15, 0.2) is 11.5 Å². The van der Waals surface area contributed by atoms with E-state index in [1.807, 2.05) is 30.5 Å². The summed E-state index contributed by atoms with van der Waals surface area (Å²) in [6.45, 7) is 3.52. The maximum Gasteiger partial charge on any atom is 0.162 e. The van der Waals surface area contributed by atoms with Gasteiger partial charge in [-0.2, -0.15) is 0 Å². The zero-order valence-electron chi connectivity index (χ0n) is 16.7. The number of phenols is 2. The van der Waals surface area contributed by atoms with Gasteiger partial charge in [0.2, 0.25) is 0 Å². The third-order valence-corrected chi connectivity index (χ3v) is 6.06. The largest absolute Gasteiger partial charge is 0.504 e. The van der Waals surface area contributed by atoms with Crippen LogP contribution < -0.4 is 4.90 Å². The number of hydrogen-bond donors (Lipinski definition) is 3. The third kappa shape index (κ3) is 3.27. The average Bonchev–Trinajstić information content (AvgIpc) is 3.22. The number of piperazine rings is 1. The van der Waals surface area contributed by atoms with E-state index in [-0.39, 0.29) is 17.5 Å². The highest BCUT2D eigenvalue weighted by molar-refractivity contribution is 5.84. The molecule has 1 aliphatic heterocycles. The first-order valence-corrected chi connectivity index (χ1v) is 10.3. The van der Waals surface area contributed by atoms with Crippen molar-refractivity contribution >= 4 is 16.6 Å². The molecule has 0 amide bonds. The van der Waals surface area contributed by atoms with Crippen LogP contribution in [0.4, 0.5) is 5.69 Å². The molecule has 152 valence electrons. The van der Waals surface area contributed by atoms with Crippen LogP contribution in [-0.2, 0) is 0 Å². The van der Waals surface area contributed by atoms with Crippen molar-refractivity contribution in [2.75, 3.05) is 31.1 Å². The summed E-state index contributed by atoms with van der Waals surface area (Å²) in [7, 11) is 0. The van der Waals surface area contributed by atoms with Crippen molar-refractivity contribution in [3.63, 3.8) is 0 Å². The van der Waals surface area contributed by atoms with Gasteiger partial charge >= 0.3 is 0 Å². The Hall–Kier alpha value is -3.44. The number of nitrogens with one attached hydrogen (secondary N) is 1. The Balaban J connectivity index is 1.52. The number of nitrogens with zero attached hydrogens (tertiary/aromatic N) is 2. The quantitative estimate of drug-likeness (QED) is 0.443. The van der Waals surface area contributed by atoms with E-state index in [4.69, 9.17) is 0 Å². The van der Waals surface area contributed by atoms with Crippen molar-refractivity contribution in [1.29, 1.82) is 0 Å². The second kappa shape index (κ2) is 7.76. The molecule has 5 rings (SSSR count). The van der Waals surface area contributed by atoms with Crippen LogP contribution in [-0.4, -0.2) is 46.3 Å². The summed E-state index contributed by atoms with van der Waals surface area (Å²) in [5, 5.41) is 22.0. The molecule has 0 aliphatic carbocycles. The van der Waals surface area contributed by atoms with Crippen LogP contribution in [0.25, 0.3) is 10.9 Å². The zero-order chi connectivity index (χ0) is 20.5.